The molecule has 0 aliphatic carbocycles. The van der Waals surface area contributed by atoms with Crippen LogP contribution in [-0.4, -0.2) is 29.4 Å². The molecular weight excluding hydrogens is 280 g/mol. The predicted octanol–water partition coefficient (Wildman–Crippen LogP) is 2.17. The van der Waals surface area contributed by atoms with Crippen molar-refractivity contribution < 1.29 is 14.7 Å². The van der Waals surface area contributed by atoms with Gasteiger partial charge in [-0.1, -0.05) is 18.2 Å². The monoisotopic (exact) mass is 298 g/mol. The fourth-order valence-corrected chi connectivity index (χ4v) is 2.57. The Hall–Kier alpha value is -2.66. The Bertz CT molecular complexity index is 716. The highest BCUT2D eigenvalue weighted by Gasteiger charge is 2.23. The van der Waals surface area contributed by atoms with E-state index in [0.29, 0.717) is 12.0 Å². The molecule has 3 rings (SSSR count). The molecule has 5 heteroatoms. The molecule has 22 heavy (non-hydrogen) atoms. The second-order valence-electron chi connectivity index (χ2n) is 4.90. The number of carbonyl (C=O) groups is 2. The van der Waals surface area contributed by atoms with Crippen molar-refractivity contribution in [2.45, 2.75) is 13.3 Å². The first-order valence-corrected chi connectivity index (χ1v) is 6.89. The molecule has 0 saturated heterocycles. The number of benzene rings is 1. The highest BCUT2D eigenvalue weighted by molar-refractivity contribution is 6.34. The average molecular weight is 298 g/mol. The van der Waals surface area contributed by atoms with Gasteiger partial charge in [0.05, 0.1) is 5.57 Å². The molecular formula is C17H18N2O3. The highest BCUT2D eigenvalue weighted by Crippen LogP contribution is 2.33. The molecule has 0 bridgehead atoms. The maximum atomic E-state index is 12.1. The number of para-hydroxylation sites is 1. The van der Waals surface area contributed by atoms with Crippen LogP contribution in [0, 0.1) is 6.92 Å². The van der Waals surface area contributed by atoms with Crippen LogP contribution in [0.1, 0.15) is 22.4 Å². The molecule has 1 aromatic heterocycles. The second kappa shape index (κ2) is 6.87. The molecule has 0 saturated carbocycles. The molecule has 1 aliphatic rings. The number of aryl methyl sites for hydroxylation is 1. The van der Waals surface area contributed by atoms with Crippen LogP contribution < -0.4 is 5.32 Å². The molecule has 2 heterocycles. The quantitative estimate of drug-likeness (QED) is 0.759. The average Bonchev–Trinajstić information content (AvgIpc) is 3.04. The molecule has 1 aliphatic heterocycles. The van der Waals surface area contributed by atoms with Gasteiger partial charge in [0.2, 0.25) is 0 Å². The number of rotatable bonds is 3. The molecule has 5 nitrogen and oxygen atoms in total. The minimum Gasteiger partial charge on any atom is -0.396 e. The fourth-order valence-electron chi connectivity index (χ4n) is 2.57. The van der Waals surface area contributed by atoms with Crippen molar-refractivity contribution >= 4 is 30.0 Å². The van der Waals surface area contributed by atoms with Crippen LogP contribution in [0.25, 0.3) is 11.6 Å². The minimum absolute atomic E-state index is 0.0894. The topological polar surface area (TPSA) is 82.2 Å². The summed E-state index contributed by atoms with van der Waals surface area (Å²) in [5.41, 5.74) is 5.45. The zero-order chi connectivity index (χ0) is 16.1. The van der Waals surface area contributed by atoms with Gasteiger partial charge in [0.1, 0.15) is 6.79 Å². The van der Waals surface area contributed by atoms with E-state index in [1.54, 1.807) is 0 Å². The first-order chi connectivity index (χ1) is 10.7. The highest BCUT2D eigenvalue weighted by atomic mass is 16.3. The number of aromatic nitrogens is 1. The van der Waals surface area contributed by atoms with E-state index in [0.717, 1.165) is 28.1 Å². The summed E-state index contributed by atoms with van der Waals surface area (Å²) in [7, 11) is 0. The molecule has 0 atom stereocenters. The first kappa shape index (κ1) is 15.7. The Kier molecular flexibility index (Phi) is 4.91. The third-order valence-corrected chi connectivity index (χ3v) is 3.61. The van der Waals surface area contributed by atoms with Gasteiger partial charge in [-0.3, -0.25) is 4.79 Å². The number of anilines is 1. The van der Waals surface area contributed by atoms with Gasteiger partial charge in [-0.2, -0.15) is 0 Å². The number of nitrogens with one attached hydrogen (secondary N) is 2. The van der Waals surface area contributed by atoms with Crippen molar-refractivity contribution in [3.8, 4) is 0 Å². The van der Waals surface area contributed by atoms with Gasteiger partial charge in [0.15, 0.2) is 0 Å². The van der Waals surface area contributed by atoms with Gasteiger partial charge in [0, 0.05) is 29.7 Å². The summed E-state index contributed by atoms with van der Waals surface area (Å²) in [5.74, 6) is -0.0894. The van der Waals surface area contributed by atoms with Gasteiger partial charge >= 0.3 is 0 Å². The van der Waals surface area contributed by atoms with Gasteiger partial charge in [-0.05, 0) is 36.6 Å². The van der Waals surface area contributed by atoms with E-state index in [1.165, 1.54) is 0 Å². The zero-order valence-electron chi connectivity index (χ0n) is 12.3. The summed E-state index contributed by atoms with van der Waals surface area (Å²) < 4.78 is 0. The Balaban J connectivity index is 0.000000847. The van der Waals surface area contributed by atoms with Crippen molar-refractivity contribution in [1.82, 2.24) is 4.98 Å². The lowest BCUT2D eigenvalue weighted by Gasteiger charge is -2.01. The molecule has 114 valence electrons. The Morgan fingerprint density at radius 2 is 2.00 bits per heavy atom. The maximum Gasteiger partial charge on any atom is 0.256 e. The summed E-state index contributed by atoms with van der Waals surface area (Å²) in [5, 5.41) is 12.0. The molecule has 2 aromatic rings. The SMILES string of the molecule is C=O.Cc1c[nH]c(/C=C2\C(=O)Nc3ccccc32)c1CCO. The standard InChI is InChI=1S/C16H16N2O2.CH2O/c1-10-9-17-15(11(10)6-7-19)8-13-12-4-2-3-5-14(12)18-16(13)20;1-2/h2-5,8-9,17,19H,6-7H2,1H3,(H,18,20);1H2/b13-8-;. The number of aromatic amines is 1. The summed E-state index contributed by atoms with van der Waals surface area (Å²) in [6.07, 6.45) is 4.34. The molecule has 1 amide bonds. The molecule has 1 aromatic carbocycles. The smallest absolute Gasteiger partial charge is 0.256 e. The number of amides is 1. The van der Waals surface area contributed by atoms with Crippen LogP contribution >= 0.6 is 0 Å². The van der Waals surface area contributed by atoms with Gasteiger partial charge < -0.3 is 20.2 Å². The fraction of sp³-hybridized carbons (Fsp3) is 0.176. The Morgan fingerprint density at radius 3 is 2.73 bits per heavy atom. The predicted molar refractivity (Wildman–Crippen MR) is 86.4 cm³/mol. The van der Waals surface area contributed by atoms with Crippen LogP contribution in [0.4, 0.5) is 5.69 Å². The Morgan fingerprint density at radius 1 is 1.27 bits per heavy atom. The van der Waals surface area contributed by atoms with Crippen LogP contribution in [0.15, 0.2) is 30.5 Å². The molecule has 3 N–H and O–H groups in total. The van der Waals surface area contributed by atoms with Gasteiger partial charge in [-0.25, -0.2) is 0 Å². The third kappa shape index (κ3) is 2.84. The van der Waals surface area contributed by atoms with Crippen molar-refractivity contribution in [3.63, 3.8) is 0 Å². The van der Waals surface area contributed by atoms with E-state index in [9.17, 15) is 4.79 Å². The first-order valence-electron chi connectivity index (χ1n) is 6.89. The van der Waals surface area contributed by atoms with Crippen LogP contribution in [0.5, 0.6) is 0 Å². The van der Waals surface area contributed by atoms with Crippen molar-refractivity contribution in [1.29, 1.82) is 0 Å². The second-order valence-corrected chi connectivity index (χ2v) is 4.90. The van der Waals surface area contributed by atoms with Gasteiger partial charge in [0.25, 0.3) is 5.91 Å². The van der Waals surface area contributed by atoms with Crippen molar-refractivity contribution in [2.24, 2.45) is 0 Å². The molecule has 0 unspecified atom stereocenters. The van der Waals surface area contributed by atoms with E-state index in [1.807, 2.05) is 50.3 Å². The normalized spacial score (nSPS) is 14.3. The number of carbonyl (C=O) groups excluding carboxylic acids is 2. The van der Waals surface area contributed by atoms with E-state index >= 15 is 0 Å². The summed E-state index contributed by atoms with van der Waals surface area (Å²) in [6, 6.07) is 7.64. The lowest BCUT2D eigenvalue weighted by molar-refractivity contribution is -0.110. The largest absolute Gasteiger partial charge is 0.396 e. The summed E-state index contributed by atoms with van der Waals surface area (Å²) in [4.78, 5) is 23.2. The van der Waals surface area contributed by atoms with Crippen molar-refractivity contribution in [3.05, 3.63) is 52.8 Å². The van der Waals surface area contributed by atoms with Crippen LogP contribution in [-0.2, 0) is 16.0 Å². The van der Waals surface area contributed by atoms with Crippen LogP contribution in [0.2, 0.25) is 0 Å². The van der Waals surface area contributed by atoms with E-state index in [2.05, 4.69) is 10.3 Å². The van der Waals surface area contributed by atoms with E-state index in [-0.39, 0.29) is 12.5 Å². The number of aliphatic hydroxyl groups is 1. The molecule has 0 fully saturated rings. The lowest BCUT2D eigenvalue weighted by Crippen LogP contribution is -2.04. The zero-order valence-corrected chi connectivity index (χ0v) is 12.3. The van der Waals surface area contributed by atoms with E-state index < -0.39 is 0 Å². The molecule has 0 spiro atoms. The number of aliphatic hydroxyl groups excluding tert-OH is 1. The van der Waals surface area contributed by atoms with Gasteiger partial charge in [-0.15, -0.1) is 0 Å². The number of hydrogen-bond donors (Lipinski definition) is 3. The third-order valence-electron chi connectivity index (χ3n) is 3.61. The van der Waals surface area contributed by atoms with Crippen LogP contribution in [0.3, 0.4) is 0 Å². The summed E-state index contributed by atoms with van der Waals surface area (Å²) in [6.45, 7) is 4.09. The lowest BCUT2D eigenvalue weighted by atomic mass is 10.0. The summed E-state index contributed by atoms with van der Waals surface area (Å²) >= 11 is 0. The number of hydrogen-bond acceptors (Lipinski definition) is 3. The maximum absolute atomic E-state index is 12.1. The minimum atomic E-state index is -0.0894. The molecule has 0 radical (unpaired) electrons. The number of H-pyrrole nitrogens is 1. The van der Waals surface area contributed by atoms with E-state index in [4.69, 9.17) is 9.90 Å². The Labute approximate surface area is 128 Å². The number of fused-ring (bicyclic) bond motifs is 1. The van der Waals surface area contributed by atoms with Crippen molar-refractivity contribution in [2.75, 3.05) is 11.9 Å².